The van der Waals surface area contributed by atoms with Crippen LogP contribution in [0.2, 0.25) is 5.02 Å². The molecular weight excluding hydrogens is 266 g/mol. The molecule has 0 saturated heterocycles. The van der Waals surface area contributed by atoms with Gasteiger partial charge in [0.25, 0.3) is 0 Å². The van der Waals surface area contributed by atoms with Gasteiger partial charge in [0.2, 0.25) is 5.88 Å². The molecule has 102 valence electrons. The van der Waals surface area contributed by atoms with Crippen LogP contribution in [0.15, 0.2) is 24.3 Å². The Balaban J connectivity index is 2.01. The molecule has 0 amide bonds. The Morgan fingerprint density at radius 1 is 1.47 bits per heavy atom. The molecule has 1 aliphatic rings. The first-order chi connectivity index (χ1) is 9.08. The number of halogens is 1. The maximum absolute atomic E-state index is 10.9. The fourth-order valence-electron chi connectivity index (χ4n) is 2.09. The van der Waals surface area contributed by atoms with Crippen molar-refractivity contribution in [2.75, 3.05) is 6.61 Å². The SMILES string of the molecule is CC1CC=CCC1COc1ccc(Cl)c(C(=O)O)n1. The van der Waals surface area contributed by atoms with Gasteiger partial charge >= 0.3 is 5.97 Å². The second-order valence-electron chi connectivity index (χ2n) is 4.78. The number of carboxylic acids is 1. The lowest BCUT2D eigenvalue weighted by molar-refractivity contribution is 0.0689. The fourth-order valence-corrected chi connectivity index (χ4v) is 2.27. The number of pyridine rings is 1. The zero-order valence-electron chi connectivity index (χ0n) is 10.7. The molecule has 2 atom stereocenters. The van der Waals surface area contributed by atoms with E-state index < -0.39 is 5.97 Å². The summed E-state index contributed by atoms with van der Waals surface area (Å²) in [7, 11) is 0. The number of allylic oxidation sites excluding steroid dienone is 2. The molecule has 5 heteroatoms. The van der Waals surface area contributed by atoms with E-state index in [1.807, 2.05) is 0 Å². The van der Waals surface area contributed by atoms with Crippen LogP contribution in [-0.4, -0.2) is 22.7 Å². The van der Waals surface area contributed by atoms with Gasteiger partial charge in [0.15, 0.2) is 5.69 Å². The third-order valence-corrected chi connectivity index (χ3v) is 3.69. The largest absolute Gasteiger partial charge is 0.477 e. The summed E-state index contributed by atoms with van der Waals surface area (Å²) >= 11 is 5.76. The molecule has 2 unspecified atom stereocenters. The Labute approximate surface area is 117 Å². The predicted octanol–water partition coefficient (Wildman–Crippen LogP) is 3.41. The van der Waals surface area contributed by atoms with Crippen LogP contribution < -0.4 is 4.74 Å². The lowest BCUT2D eigenvalue weighted by atomic mass is 9.85. The maximum Gasteiger partial charge on any atom is 0.356 e. The number of aromatic nitrogens is 1. The summed E-state index contributed by atoms with van der Waals surface area (Å²) < 4.78 is 5.59. The number of rotatable bonds is 4. The highest BCUT2D eigenvalue weighted by molar-refractivity contribution is 6.33. The number of ether oxygens (including phenoxy) is 1. The highest BCUT2D eigenvalue weighted by Crippen LogP contribution is 2.26. The minimum Gasteiger partial charge on any atom is -0.477 e. The van der Waals surface area contributed by atoms with E-state index in [-0.39, 0.29) is 10.7 Å². The van der Waals surface area contributed by atoms with Crippen molar-refractivity contribution in [1.82, 2.24) is 4.98 Å². The number of hydrogen-bond donors (Lipinski definition) is 1. The molecule has 1 heterocycles. The number of hydrogen-bond acceptors (Lipinski definition) is 3. The molecule has 1 aliphatic carbocycles. The highest BCUT2D eigenvalue weighted by Gasteiger charge is 2.19. The molecule has 0 aromatic carbocycles. The zero-order valence-corrected chi connectivity index (χ0v) is 11.4. The summed E-state index contributed by atoms with van der Waals surface area (Å²) in [6.45, 7) is 2.73. The van der Waals surface area contributed by atoms with Crippen LogP contribution in [0.1, 0.15) is 30.3 Å². The molecule has 1 N–H and O–H groups in total. The molecule has 2 rings (SSSR count). The minimum atomic E-state index is -1.15. The molecule has 19 heavy (non-hydrogen) atoms. The molecule has 0 bridgehead atoms. The first kappa shape index (κ1) is 13.9. The van der Waals surface area contributed by atoms with Crippen molar-refractivity contribution in [1.29, 1.82) is 0 Å². The average molecular weight is 282 g/mol. The van der Waals surface area contributed by atoms with E-state index in [4.69, 9.17) is 21.4 Å². The van der Waals surface area contributed by atoms with Gasteiger partial charge in [-0.15, -0.1) is 0 Å². The van der Waals surface area contributed by atoms with E-state index >= 15 is 0 Å². The van der Waals surface area contributed by atoms with Crippen LogP contribution in [0.5, 0.6) is 5.88 Å². The van der Waals surface area contributed by atoms with Crippen LogP contribution in [-0.2, 0) is 0 Å². The van der Waals surface area contributed by atoms with Gasteiger partial charge in [0.05, 0.1) is 11.6 Å². The van der Waals surface area contributed by atoms with Crippen molar-refractivity contribution in [3.8, 4) is 5.88 Å². The number of carboxylic acid groups (broad SMARTS) is 1. The topological polar surface area (TPSA) is 59.4 Å². The molecule has 0 aliphatic heterocycles. The van der Waals surface area contributed by atoms with Gasteiger partial charge in [-0.3, -0.25) is 0 Å². The molecule has 1 aromatic heterocycles. The van der Waals surface area contributed by atoms with Crippen molar-refractivity contribution >= 4 is 17.6 Å². The van der Waals surface area contributed by atoms with Crippen molar-refractivity contribution in [2.45, 2.75) is 19.8 Å². The number of aromatic carboxylic acids is 1. The monoisotopic (exact) mass is 281 g/mol. The van der Waals surface area contributed by atoms with E-state index in [9.17, 15) is 4.79 Å². The summed E-state index contributed by atoms with van der Waals surface area (Å²) in [6.07, 6.45) is 6.39. The van der Waals surface area contributed by atoms with Crippen LogP contribution in [0, 0.1) is 11.8 Å². The quantitative estimate of drug-likeness (QED) is 0.859. The standard InChI is InChI=1S/C14H16ClNO3/c1-9-4-2-3-5-10(9)8-19-12-7-6-11(15)13(16-12)14(17)18/h2-3,6-7,9-10H,4-5,8H2,1H3,(H,17,18). The number of carbonyl (C=O) groups is 1. The van der Waals surface area contributed by atoms with Gasteiger partial charge in [-0.25, -0.2) is 9.78 Å². The van der Waals surface area contributed by atoms with Gasteiger partial charge in [0, 0.05) is 6.07 Å². The van der Waals surface area contributed by atoms with Gasteiger partial charge < -0.3 is 9.84 Å². The van der Waals surface area contributed by atoms with Crippen molar-refractivity contribution < 1.29 is 14.6 Å². The van der Waals surface area contributed by atoms with Gasteiger partial charge in [-0.1, -0.05) is 30.7 Å². The highest BCUT2D eigenvalue weighted by atomic mass is 35.5. The summed E-state index contributed by atoms with van der Waals surface area (Å²) in [5, 5.41) is 9.06. The summed E-state index contributed by atoms with van der Waals surface area (Å²) in [4.78, 5) is 14.8. The third-order valence-electron chi connectivity index (χ3n) is 3.39. The van der Waals surface area contributed by atoms with Gasteiger partial charge in [-0.05, 0) is 30.7 Å². The molecule has 4 nitrogen and oxygen atoms in total. The normalized spacial score (nSPS) is 22.2. The van der Waals surface area contributed by atoms with Crippen LogP contribution in [0.25, 0.3) is 0 Å². The first-order valence-corrected chi connectivity index (χ1v) is 6.63. The van der Waals surface area contributed by atoms with Crippen LogP contribution >= 0.6 is 11.6 Å². The summed E-state index contributed by atoms with van der Waals surface area (Å²) in [5.74, 6) is 0.167. The Morgan fingerprint density at radius 3 is 2.89 bits per heavy atom. The van der Waals surface area contributed by atoms with E-state index in [2.05, 4.69) is 24.1 Å². The molecule has 0 fully saturated rings. The second-order valence-corrected chi connectivity index (χ2v) is 5.18. The second kappa shape index (κ2) is 6.06. The Bertz CT molecular complexity index is 501. The van der Waals surface area contributed by atoms with Crippen molar-refractivity contribution in [3.63, 3.8) is 0 Å². The third kappa shape index (κ3) is 3.47. The zero-order chi connectivity index (χ0) is 13.8. The van der Waals surface area contributed by atoms with E-state index in [1.165, 1.54) is 6.07 Å². The lowest BCUT2D eigenvalue weighted by Crippen LogP contribution is -2.21. The Morgan fingerprint density at radius 2 is 2.21 bits per heavy atom. The maximum atomic E-state index is 10.9. The molecule has 0 spiro atoms. The smallest absolute Gasteiger partial charge is 0.356 e. The predicted molar refractivity (Wildman–Crippen MR) is 72.7 cm³/mol. The molecule has 1 aromatic rings. The van der Waals surface area contributed by atoms with E-state index in [0.29, 0.717) is 24.3 Å². The Hall–Kier alpha value is -1.55. The van der Waals surface area contributed by atoms with E-state index in [0.717, 1.165) is 12.8 Å². The first-order valence-electron chi connectivity index (χ1n) is 6.25. The van der Waals surface area contributed by atoms with Gasteiger partial charge in [0.1, 0.15) is 0 Å². The Kier molecular flexibility index (Phi) is 4.43. The molecule has 0 saturated carbocycles. The molecule has 0 radical (unpaired) electrons. The number of nitrogens with zero attached hydrogens (tertiary/aromatic N) is 1. The minimum absolute atomic E-state index is 0.119. The van der Waals surface area contributed by atoms with Crippen LogP contribution in [0.4, 0.5) is 0 Å². The van der Waals surface area contributed by atoms with Crippen molar-refractivity contribution in [3.05, 3.63) is 35.0 Å². The molecular formula is C14H16ClNO3. The van der Waals surface area contributed by atoms with Crippen LogP contribution in [0.3, 0.4) is 0 Å². The lowest BCUT2D eigenvalue weighted by Gasteiger charge is -2.24. The summed E-state index contributed by atoms with van der Waals surface area (Å²) in [6, 6.07) is 3.09. The average Bonchev–Trinajstić information content (AvgIpc) is 2.39. The van der Waals surface area contributed by atoms with Gasteiger partial charge in [-0.2, -0.15) is 0 Å². The fraction of sp³-hybridized carbons (Fsp3) is 0.429. The van der Waals surface area contributed by atoms with E-state index in [1.54, 1.807) is 6.07 Å². The summed E-state index contributed by atoms with van der Waals surface area (Å²) in [5.41, 5.74) is -0.171. The van der Waals surface area contributed by atoms with Crippen molar-refractivity contribution in [2.24, 2.45) is 11.8 Å².